The fourth-order valence-corrected chi connectivity index (χ4v) is 2.68. The molecule has 0 saturated heterocycles. The van der Waals surface area contributed by atoms with E-state index in [1.54, 1.807) is 0 Å². The van der Waals surface area contributed by atoms with Crippen molar-refractivity contribution in [2.75, 3.05) is 14.2 Å². The molecular formula is C14H16O6. The molecule has 0 unspecified atom stereocenters. The second-order valence-corrected chi connectivity index (χ2v) is 4.72. The second-order valence-electron chi connectivity index (χ2n) is 4.72. The number of Topliss-reactive ketones (excluding diaryl/α,β-unsaturated/α-hetero) is 1. The molecular weight excluding hydrogens is 264 g/mol. The van der Waals surface area contributed by atoms with E-state index in [9.17, 15) is 19.8 Å². The molecule has 1 aliphatic rings. The Kier molecular flexibility index (Phi) is 3.57. The van der Waals surface area contributed by atoms with Crippen LogP contribution in [0, 0.1) is 0 Å². The van der Waals surface area contributed by atoms with Crippen molar-refractivity contribution in [1.29, 1.82) is 0 Å². The summed E-state index contributed by atoms with van der Waals surface area (Å²) >= 11 is 0. The maximum Gasteiger partial charge on any atom is 0.323 e. The highest BCUT2D eigenvalue weighted by molar-refractivity contribution is 6.11. The summed E-state index contributed by atoms with van der Waals surface area (Å²) in [5, 5.41) is 19.4. The Morgan fingerprint density at radius 2 is 2.00 bits per heavy atom. The van der Waals surface area contributed by atoms with E-state index in [0.717, 1.165) is 0 Å². The summed E-state index contributed by atoms with van der Waals surface area (Å²) in [6, 6.07) is 2.59. The van der Waals surface area contributed by atoms with E-state index in [0.29, 0.717) is 12.8 Å². The second kappa shape index (κ2) is 5.03. The van der Waals surface area contributed by atoms with Crippen LogP contribution in [0.4, 0.5) is 0 Å². The van der Waals surface area contributed by atoms with Crippen molar-refractivity contribution in [3.8, 4) is 17.2 Å². The Morgan fingerprint density at radius 1 is 1.30 bits per heavy atom. The monoisotopic (exact) mass is 280 g/mol. The first-order valence-electron chi connectivity index (χ1n) is 6.19. The topological polar surface area (TPSA) is 93.1 Å². The predicted molar refractivity (Wildman–Crippen MR) is 68.9 cm³/mol. The molecule has 1 atom stereocenters. The highest BCUT2D eigenvalue weighted by Gasteiger charge is 2.51. The third-order valence-electron chi connectivity index (χ3n) is 3.73. The van der Waals surface area contributed by atoms with E-state index in [4.69, 9.17) is 9.47 Å². The number of carbonyl (C=O) groups is 2. The Labute approximate surface area is 115 Å². The van der Waals surface area contributed by atoms with Crippen LogP contribution in [0.25, 0.3) is 0 Å². The third kappa shape index (κ3) is 1.88. The average molecular weight is 280 g/mol. The van der Waals surface area contributed by atoms with Gasteiger partial charge in [-0.05, 0) is 30.5 Å². The third-order valence-corrected chi connectivity index (χ3v) is 3.73. The lowest BCUT2D eigenvalue weighted by Crippen LogP contribution is -2.40. The summed E-state index contributed by atoms with van der Waals surface area (Å²) in [7, 11) is 2.53. The predicted octanol–water partition coefficient (Wildman–Crippen LogP) is 1.27. The van der Waals surface area contributed by atoms with E-state index >= 15 is 0 Å². The average Bonchev–Trinajstić information content (AvgIpc) is 2.83. The van der Waals surface area contributed by atoms with Crippen LogP contribution in [0.3, 0.4) is 0 Å². The van der Waals surface area contributed by atoms with Gasteiger partial charge in [0.25, 0.3) is 0 Å². The van der Waals surface area contributed by atoms with Crippen molar-refractivity contribution < 1.29 is 29.3 Å². The van der Waals surface area contributed by atoms with Crippen LogP contribution >= 0.6 is 0 Å². The summed E-state index contributed by atoms with van der Waals surface area (Å²) < 4.78 is 9.71. The van der Waals surface area contributed by atoms with Gasteiger partial charge in [-0.25, -0.2) is 0 Å². The van der Waals surface area contributed by atoms with Crippen LogP contribution in [0.2, 0.25) is 0 Å². The summed E-state index contributed by atoms with van der Waals surface area (Å²) in [5.74, 6) is -1.78. The molecule has 0 aromatic heterocycles. The van der Waals surface area contributed by atoms with Gasteiger partial charge in [0.15, 0.2) is 22.7 Å². The molecule has 0 spiro atoms. The number of hydrogen-bond acceptors (Lipinski definition) is 6. The zero-order valence-corrected chi connectivity index (χ0v) is 11.3. The lowest BCUT2D eigenvalue weighted by atomic mass is 9.77. The minimum absolute atomic E-state index is 0.00276. The SMILES string of the molecule is COC(=O)[C@]1(c2cc(O)c(O)c(OC)c2)CCCC1=O. The zero-order chi connectivity index (χ0) is 14.9. The number of aromatic hydroxyl groups is 2. The lowest BCUT2D eigenvalue weighted by Gasteiger charge is -2.25. The molecule has 108 valence electrons. The van der Waals surface area contributed by atoms with Gasteiger partial charge >= 0.3 is 5.97 Å². The van der Waals surface area contributed by atoms with Crippen LogP contribution in [-0.2, 0) is 19.7 Å². The molecule has 2 rings (SSSR count). The smallest absolute Gasteiger partial charge is 0.323 e. The number of benzene rings is 1. The molecule has 1 fully saturated rings. The van der Waals surface area contributed by atoms with E-state index in [-0.39, 0.29) is 23.5 Å². The molecule has 2 N–H and O–H groups in total. The number of phenols is 2. The maximum atomic E-state index is 12.2. The van der Waals surface area contributed by atoms with Crippen molar-refractivity contribution in [1.82, 2.24) is 0 Å². The van der Waals surface area contributed by atoms with E-state index in [1.807, 2.05) is 0 Å². The molecule has 1 aliphatic carbocycles. The van der Waals surface area contributed by atoms with Gasteiger partial charge in [0.2, 0.25) is 5.75 Å². The number of phenolic OH excluding ortho intramolecular Hbond substituents is 2. The molecule has 6 nitrogen and oxygen atoms in total. The van der Waals surface area contributed by atoms with Crippen LogP contribution in [0.1, 0.15) is 24.8 Å². The molecule has 0 bridgehead atoms. The number of rotatable bonds is 3. The van der Waals surface area contributed by atoms with Crippen LogP contribution in [0.15, 0.2) is 12.1 Å². The molecule has 0 heterocycles. The molecule has 0 aliphatic heterocycles. The van der Waals surface area contributed by atoms with Gasteiger partial charge in [-0.15, -0.1) is 0 Å². The Bertz CT molecular complexity index is 565. The van der Waals surface area contributed by atoms with Crippen molar-refractivity contribution in [2.24, 2.45) is 0 Å². The first kappa shape index (κ1) is 14.2. The Balaban J connectivity index is 2.64. The molecule has 0 radical (unpaired) electrons. The first-order chi connectivity index (χ1) is 9.47. The number of hydrogen-bond donors (Lipinski definition) is 2. The van der Waals surface area contributed by atoms with Crippen LogP contribution in [0.5, 0.6) is 17.2 Å². The highest BCUT2D eigenvalue weighted by Crippen LogP contribution is 2.45. The molecule has 0 amide bonds. The standard InChI is InChI=1S/C14H16O6/c1-19-10-7-8(6-9(15)12(10)17)14(13(18)20-2)5-3-4-11(14)16/h6-7,15,17H,3-5H2,1-2H3/t14-/m0/s1. The first-order valence-corrected chi connectivity index (χ1v) is 6.19. The minimum Gasteiger partial charge on any atom is -0.504 e. The summed E-state index contributed by atoms with van der Waals surface area (Å²) in [6.07, 6.45) is 1.16. The molecule has 1 saturated carbocycles. The normalized spacial score (nSPS) is 21.8. The van der Waals surface area contributed by atoms with Crippen molar-refractivity contribution in [3.63, 3.8) is 0 Å². The summed E-state index contributed by atoms with van der Waals surface area (Å²) in [5.41, 5.74) is -1.15. The fraction of sp³-hybridized carbons (Fsp3) is 0.429. The van der Waals surface area contributed by atoms with Crippen LogP contribution in [-0.4, -0.2) is 36.2 Å². The van der Waals surface area contributed by atoms with E-state index in [1.165, 1.54) is 26.4 Å². The lowest BCUT2D eigenvalue weighted by molar-refractivity contribution is -0.150. The number of esters is 1. The quantitative estimate of drug-likeness (QED) is 0.492. The van der Waals surface area contributed by atoms with Gasteiger partial charge in [-0.1, -0.05) is 0 Å². The highest BCUT2D eigenvalue weighted by atomic mass is 16.5. The zero-order valence-electron chi connectivity index (χ0n) is 11.3. The number of carbonyl (C=O) groups excluding carboxylic acids is 2. The van der Waals surface area contributed by atoms with Crippen LogP contribution < -0.4 is 4.74 Å². The molecule has 6 heteroatoms. The fourth-order valence-electron chi connectivity index (χ4n) is 2.68. The molecule has 1 aromatic carbocycles. The van der Waals surface area contributed by atoms with E-state index in [2.05, 4.69) is 0 Å². The Hall–Kier alpha value is -2.24. The number of methoxy groups -OCH3 is 2. The van der Waals surface area contributed by atoms with Gasteiger partial charge in [0.1, 0.15) is 0 Å². The molecule has 1 aromatic rings. The number of ketones is 1. The van der Waals surface area contributed by atoms with Gasteiger partial charge in [0.05, 0.1) is 14.2 Å². The summed E-state index contributed by atoms with van der Waals surface area (Å²) in [6.45, 7) is 0. The van der Waals surface area contributed by atoms with Gasteiger partial charge in [-0.2, -0.15) is 0 Å². The van der Waals surface area contributed by atoms with Gasteiger partial charge < -0.3 is 19.7 Å². The minimum atomic E-state index is -1.42. The van der Waals surface area contributed by atoms with Crippen molar-refractivity contribution in [2.45, 2.75) is 24.7 Å². The largest absolute Gasteiger partial charge is 0.504 e. The van der Waals surface area contributed by atoms with Crippen molar-refractivity contribution in [3.05, 3.63) is 17.7 Å². The molecule has 20 heavy (non-hydrogen) atoms. The van der Waals surface area contributed by atoms with Gasteiger partial charge in [0, 0.05) is 6.42 Å². The summed E-state index contributed by atoms with van der Waals surface area (Å²) in [4.78, 5) is 24.3. The Morgan fingerprint density at radius 3 is 2.50 bits per heavy atom. The number of ether oxygens (including phenoxy) is 2. The van der Waals surface area contributed by atoms with E-state index < -0.39 is 22.9 Å². The van der Waals surface area contributed by atoms with Gasteiger partial charge in [-0.3, -0.25) is 9.59 Å². The van der Waals surface area contributed by atoms with Crippen molar-refractivity contribution >= 4 is 11.8 Å². The maximum absolute atomic E-state index is 12.2.